The lowest BCUT2D eigenvalue weighted by molar-refractivity contribution is 0.494. The molecule has 1 aliphatic carbocycles. The first kappa shape index (κ1) is 20.2. The summed E-state index contributed by atoms with van der Waals surface area (Å²) >= 11 is 5.74. The minimum atomic E-state index is -0.275. The van der Waals surface area contributed by atoms with Crippen LogP contribution in [0, 0.1) is 19.7 Å². The molecule has 3 aromatic rings. The van der Waals surface area contributed by atoms with Crippen molar-refractivity contribution in [3.8, 4) is 0 Å². The number of hydrogen-bond donors (Lipinski definition) is 1. The molecule has 0 radical (unpaired) electrons. The fraction of sp³-hybridized carbons (Fsp3) is 0.360. The van der Waals surface area contributed by atoms with Gasteiger partial charge >= 0.3 is 0 Å². The number of hydrogen-bond acceptors (Lipinski definition) is 2. The van der Waals surface area contributed by atoms with E-state index in [1.807, 2.05) is 29.2 Å². The summed E-state index contributed by atoms with van der Waals surface area (Å²) in [7, 11) is 0. The number of thiocarbonyl (C=S) groups is 1. The Morgan fingerprint density at radius 3 is 2.52 bits per heavy atom. The average Bonchev–Trinajstić information content (AvgIpc) is 3.47. The third-order valence-corrected chi connectivity index (χ3v) is 7.06. The lowest BCUT2D eigenvalue weighted by Gasteiger charge is -2.28. The molecule has 6 heteroatoms. The van der Waals surface area contributed by atoms with Crippen LogP contribution < -0.4 is 10.2 Å². The van der Waals surface area contributed by atoms with Gasteiger partial charge < -0.3 is 14.8 Å². The summed E-state index contributed by atoms with van der Waals surface area (Å²) in [5.74, 6) is -0.275. The highest BCUT2D eigenvalue weighted by Crippen LogP contribution is 2.45. The van der Waals surface area contributed by atoms with Crippen LogP contribution in [-0.2, 0) is 0 Å². The summed E-state index contributed by atoms with van der Waals surface area (Å²) in [6, 6.07) is 15.2. The summed E-state index contributed by atoms with van der Waals surface area (Å²) in [5.41, 5.74) is 5.07. The van der Waals surface area contributed by atoms with Crippen LogP contribution >= 0.6 is 12.2 Å². The topological polar surface area (TPSA) is 33.1 Å². The van der Waals surface area contributed by atoms with E-state index in [1.54, 1.807) is 18.3 Å². The second kappa shape index (κ2) is 8.08. The second-order valence-electron chi connectivity index (χ2n) is 8.58. The zero-order chi connectivity index (χ0) is 21.5. The van der Waals surface area contributed by atoms with Gasteiger partial charge in [-0.15, -0.1) is 0 Å². The molecule has 4 nitrogen and oxygen atoms in total. The maximum atomic E-state index is 14.9. The van der Waals surface area contributed by atoms with Crippen molar-refractivity contribution in [1.82, 2.24) is 14.9 Å². The normalized spacial score (nSPS) is 21.6. The quantitative estimate of drug-likeness (QED) is 0.516. The van der Waals surface area contributed by atoms with Crippen molar-refractivity contribution in [2.24, 2.45) is 0 Å². The van der Waals surface area contributed by atoms with Crippen molar-refractivity contribution >= 4 is 23.0 Å². The van der Waals surface area contributed by atoms with Gasteiger partial charge in [0, 0.05) is 23.6 Å². The summed E-state index contributed by atoms with van der Waals surface area (Å²) in [6.07, 6.45) is 6.80. The van der Waals surface area contributed by atoms with Gasteiger partial charge in [-0.05, 0) is 74.8 Å². The molecule has 1 aliphatic heterocycles. The van der Waals surface area contributed by atoms with E-state index >= 15 is 0 Å². The smallest absolute Gasteiger partial charge is 0.174 e. The number of halogens is 1. The standard InChI is InChI=1S/C25H27FN4S/c1-16-15-19(17(2)29(16)18-9-3-4-10-18)24-23(21-12-7-8-14-27-21)28-25(31)30(24)22-13-6-5-11-20(22)26/h5-8,11-15,18,23-24H,3-4,9-10H2,1-2H3,(H,28,31). The van der Waals surface area contributed by atoms with Gasteiger partial charge in [0.05, 0.1) is 23.5 Å². The fourth-order valence-electron chi connectivity index (χ4n) is 5.40. The number of aryl methyl sites for hydroxylation is 1. The van der Waals surface area contributed by atoms with Crippen LogP contribution in [0.15, 0.2) is 54.7 Å². The van der Waals surface area contributed by atoms with Crippen molar-refractivity contribution in [2.45, 2.75) is 57.7 Å². The molecule has 2 aliphatic rings. The third-order valence-electron chi connectivity index (χ3n) is 6.74. The lowest BCUT2D eigenvalue weighted by atomic mass is 9.96. The predicted octanol–water partition coefficient (Wildman–Crippen LogP) is 5.93. The van der Waals surface area contributed by atoms with E-state index in [-0.39, 0.29) is 17.9 Å². The molecule has 2 atom stereocenters. The molecule has 0 amide bonds. The van der Waals surface area contributed by atoms with Gasteiger partial charge in [0.25, 0.3) is 0 Å². The monoisotopic (exact) mass is 434 g/mol. The maximum absolute atomic E-state index is 14.9. The molecule has 1 aromatic carbocycles. The van der Waals surface area contributed by atoms with Crippen molar-refractivity contribution in [3.63, 3.8) is 0 Å². The molecule has 160 valence electrons. The number of aromatic nitrogens is 2. The number of nitrogens with one attached hydrogen (secondary N) is 1. The highest BCUT2D eigenvalue weighted by molar-refractivity contribution is 7.80. The first-order chi connectivity index (χ1) is 15.1. The molecular weight excluding hydrogens is 407 g/mol. The molecule has 2 aromatic heterocycles. The molecule has 31 heavy (non-hydrogen) atoms. The Kier molecular flexibility index (Phi) is 5.26. The Morgan fingerprint density at radius 2 is 1.81 bits per heavy atom. The van der Waals surface area contributed by atoms with E-state index in [0.717, 1.165) is 5.69 Å². The molecular formula is C25H27FN4S. The molecule has 2 fully saturated rings. The molecule has 1 N–H and O–H groups in total. The highest BCUT2D eigenvalue weighted by Gasteiger charge is 2.43. The first-order valence-electron chi connectivity index (χ1n) is 11.0. The number of para-hydroxylation sites is 1. The SMILES string of the molecule is Cc1cc(C2C(c3ccccn3)NC(=S)N2c2ccccc2F)c(C)n1C1CCCC1. The molecule has 3 heterocycles. The molecule has 1 saturated carbocycles. The summed E-state index contributed by atoms with van der Waals surface area (Å²) in [5, 5.41) is 3.96. The van der Waals surface area contributed by atoms with E-state index < -0.39 is 0 Å². The van der Waals surface area contributed by atoms with Crippen molar-refractivity contribution < 1.29 is 4.39 Å². The van der Waals surface area contributed by atoms with Crippen LogP contribution in [0.3, 0.4) is 0 Å². The number of nitrogens with zero attached hydrogens (tertiary/aromatic N) is 3. The van der Waals surface area contributed by atoms with E-state index in [9.17, 15) is 4.39 Å². The number of anilines is 1. The van der Waals surface area contributed by atoms with Gasteiger partial charge in [-0.25, -0.2) is 4.39 Å². The van der Waals surface area contributed by atoms with Crippen molar-refractivity contribution in [1.29, 1.82) is 0 Å². The van der Waals surface area contributed by atoms with Gasteiger partial charge in [-0.2, -0.15) is 0 Å². The van der Waals surface area contributed by atoms with Crippen molar-refractivity contribution in [3.05, 3.63) is 83.2 Å². The Morgan fingerprint density at radius 1 is 1.06 bits per heavy atom. The largest absolute Gasteiger partial charge is 0.351 e. The zero-order valence-electron chi connectivity index (χ0n) is 17.9. The maximum Gasteiger partial charge on any atom is 0.174 e. The first-order valence-corrected chi connectivity index (χ1v) is 11.4. The Hall–Kier alpha value is -2.73. The summed E-state index contributed by atoms with van der Waals surface area (Å²) in [6.45, 7) is 4.37. The van der Waals surface area contributed by atoms with Crippen LogP contribution in [0.5, 0.6) is 0 Å². The predicted molar refractivity (Wildman–Crippen MR) is 126 cm³/mol. The highest BCUT2D eigenvalue weighted by atomic mass is 32.1. The summed E-state index contributed by atoms with van der Waals surface area (Å²) < 4.78 is 17.4. The lowest BCUT2D eigenvalue weighted by Crippen LogP contribution is -2.30. The van der Waals surface area contributed by atoms with E-state index in [0.29, 0.717) is 16.8 Å². The molecule has 1 saturated heterocycles. The Balaban J connectivity index is 1.66. The van der Waals surface area contributed by atoms with Crippen molar-refractivity contribution in [2.75, 3.05) is 4.90 Å². The number of rotatable bonds is 4. The van der Waals surface area contributed by atoms with Crippen LogP contribution in [0.4, 0.5) is 10.1 Å². The van der Waals surface area contributed by atoms with E-state index in [1.165, 1.54) is 48.7 Å². The van der Waals surface area contributed by atoms with Crippen LogP contribution in [0.1, 0.15) is 66.5 Å². The third kappa shape index (κ3) is 3.43. The molecule has 0 spiro atoms. The van der Waals surface area contributed by atoms with Gasteiger partial charge in [-0.1, -0.05) is 31.0 Å². The molecule has 2 unspecified atom stereocenters. The van der Waals surface area contributed by atoms with Gasteiger partial charge in [0.1, 0.15) is 5.82 Å². The van der Waals surface area contributed by atoms with Crippen LogP contribution in [0.2, 0.25) is 0 Å². The minimum Gasteiger partial charge on any atom is -0.351 e. The minimum absolute atomic E-state index is 0.161. The van der Waals surface area contributed by atoms with Gasteiger partial charge in [0.2, 0.25) is 0 Å². The van der Waals surface area contributed by atoms with E-state index in [2.05, 4.69) is 34.8 Å². The average molecular weight is 435 g/mol. The summed E-state index contributed by atoms with van der Waals surface area (Å²) in [4.78, 5) is 6.54. The number of benzene rings is 1. The Bertz CT molecular complexity index is 1100. The zero-order valence-corrected chi connectivity index (χ0v) is 18.7. The van der Waals surface area contributed by atoms with Gasteiger partial charge in [0.15, 0.2) is 5.11 Å². The van der Waals surface area contributed by atoms with Gasteiger partial charge in [-0.3, -0.25) is 4.98 Å². The van der Waals surface area contributed by atoms with Crippen LogP contribution in [-0.4, -0.2) is 14.7 Å². The molecule has 5 rings (SSSR count). The fourth-order valence-corrected chi connectivity index (χ4v) is 5.74. The molecule has 0 bridgehead atoms. The number of pyridine rings is 1. The Labute approximate surface area is 188 Å². The van der Waals surface area contributed by atoms with E-state index in [4.69, 9.17) is 12.2 Å². The second-order valence-corrected chi connectivity index (χ2v) is 8.97. The van der Waals surface area contributed by atoms with Crippen LogP contribution in [0.25, 0.3) is 0 Å².